The summed E-state index contributed by atoms with van der Waals surface area (Å²) in [6, 6.07) is 0. The number of thiol groups is 1. The molecule has 0 aliphatic carbocycles. The number of hydrogen-bond donors (Lipinski definition) is 1. The molecular weight excluding hydrogens is 202 g/mol. The molecule has 0 radical (unpaired) electrons. The van der Waals surface area contributed by atoms with E-state index in [9.17, 15) is 0 Å². The van der Waals surface area contributed by atoms with Gasteiger partial charge in [0, 0.05) is 30.0 Å². The summed E-state index contributed by atoms with van der Waals surface area (Å²) in [5.41, 5.74) is 1.56. The standard InChI is InChI=1S/C13H25NS/c1-9-11(13(5,6)15)10(8-14(9)7)12(2,3)4/h10-11,15H,1,8H2,2-7H3. The number of likely N-dealkylation sites (tertiary alicyclic amines) is 1. The SMILES string of the molecule is C=C1C(C(C)(C)S)C(C(C)(C)C)CN1C. The molecule has 0 aromatic rings. The summed E-state index contributed by atoms with van der Waals surface area (Å²) in [7, 11) is 2.14. The minimum absolute atomic E-state index is 0.0137. The van der Waals surface area contributed by atoms with Crippen LogP contribution in [0.1, 0.15) is 34.6 Å². The third kappa shape index (κ3) is 2.52. The van der Waals surface area contributed by atoms with Crippen LogP contribution in [0.5, 0.6) is 0 Å². The van der Waals surface area contributed by atoms with Gasteiger partial charge in [0.05, 0.1) is 0 Å². The fraction of sp³-hybridized carbons (Fsp3) is 0.846. The van der Waals surface area contributed by atoms with Crippen molar-refractivity contribution >= 4 is 12.6 Å². The fourth-order valence-electron chi connectivity index (χ4n) is 2.66. The molecule has 1 aliphatic heterocycles. The third-order valence-corrected chi connectivity index (χ3v) is 3.87. The first-order valence-electron chi connectivity index (χ1n) is 5.67. The average Bonchev–Trinajstić information content (AvgIpc) is 2.25. The highest BCUT2D eigenvalue weighted by Gasteiger charge is 2.46. The Labute approximate surface area is 100 Å². The van der Waals surface area contributed by atoms with Crippen LogP contribution < -0.4 is 0 Å². The molecule has 15 heavy (non-hydrogen) atoms. The van der Waals surface area contributed by atoms with Crippen molar-refractivity contribution < 1.29 is 0 Å². The van der Waals surface area contributed by atoms with Gasteiger partial charge in [-0.15, -0.1) is 0 Å². The van der Waals surface area contributed by atoms with Gasteiger partial charge in [-0.05, 0) is 11.3 Å². The maximum absolute atomic E-state index is 4.75. The zero-order valence-electron chi connectivity index (χ0n) is 11.0. The van der Waals surface area contributed by atoms with Crippen molar-refractivity contribution in [3.8, 4) is 0 Å². The largest absolute Gasteiger partial charge is 0.378 e. The van der Waals surface area contributed by atoms with E-state index in [4.69, 9.17) is 12.6 Å². The molecule has 1 fully saturated rings. The van der Waals surface area contributed by atoms with Gasteiger partial charge in [0.25, 0.3) is 0 Å². The molecule has 0 N–H and O–H groups in total. The Bertz CT molecular complexity index is 257. The average molecular weight is 227 g/mol. The highest BCUT2D eigenvalue weighted by molar-refractivity contribution is 7.81. The van der Waals surface area contributed by atoms with Gasteiger partial charge in [-0.1, -0.05) is 41.2 Å². The zero-order valence-corrected chi connectivity index (χ0v) is 11.9. The molecule has 1 nitrogen and oxygen atoms in total. The maximum Gasteiger partial charge on any atom is 0.0211 e. The van der Waals surface area contributed by atoms with Crippen molar-refractivity contribution in [1.29, 1.82) is 0 Å². The summed E-state index contributed by atoms with van der Waals surface area (Å²) in [5.74, 6) is 1.12. The molecule has 0 spiro atoms. The molecule has 2 unspecified atom stereocenters. The number of hydrogen-bond acceptors (Lipinski definition) is 2. The van der Waals surface area contributed by atoms with Crippen LogP contribution >= 0.6 is 12.6 Å². The molecule has 0 aromatic heterocycles. The zero-order chi connectivity index (χ0) is 12.0. The summed E-state index contributed by atoms with van der Waals surface area (Å²) >= 11 is 4.75. The first-order chi connectivity index (χ1) is 6.55. The Morgan fingerprint density at radius 1 is 1.27 bits per heavy atom. The van der Waals surface area contributed by atoms with Crippen LogP contribution in [0.3, 0.4) is 0 Å². The Kier molecular flexibility index (Phi) is 3.22. The van der Waals surface area contributed by atoms with E-state index in [1.807, 2.05) is 0 Å². The molecular formula is C13H25NS. The van der Waals surface area contributed by atoms with Crippen molar-refractivity contribution in [3.05, 3.63) is 12.3 Å². The van der Waals surface area contributed by atoms with Crippen LogP contribution in [0.15, 0.2) is 12.3 Å². The number of allylic oxidation sites excluding steroid dienone is 1. The van der Waals surface area contributed by atoms with Crippen LogP contribution in [0.25, 0.3) is 0 Å². The van der Waals surface area contributed by atoms with Crippen LogP contribution in [0.2, 0.25) is 0 Å². The van der Waals surface area contributed by atoms with E-state index in [0.29, 0.717) is 17.3 Å². The van der Waals surface area contributed by atoms with Crippen LogP contribution in [-0.4, -0.2) is 23.2 Å². The van der Waals surface area contributed by atoms with E-state index in [0.717, 1.165) is 6.54 Å². The Hall–Kier alpha value is -0.110. The molecule has 1 heterocycles. The highest BCUT2D eigenvalue weighted by Crippen LogP contribution is 2.48. The van der Waals surface area contributed by atoms with E-state index in [-0.39, 0.29) is 4.75 Å². The minimum Gasteiger partial charge on any atom is -0.378 e. The molecule has 2 heteroatoms. The van der Waals surface area contributed by atoms with E-state index in [1.54, 1.807) is 0 Å². The molecule has 2 atom stereocenters. The second-order valence-electron chi connectivity index (χ2n) is 6.48. The molecule has 0 amide bonds. The predicted molar refractivity (Wildman–Crippen MR) is 71.3 cm³/mol. The smallest absolute Gasteiger partial charge is 0.0211 e. The van der Waals surface area contributed by atoms with Gasteiger partial charge in [-0.3, -0.25) is 0 Å². The lowest BCUT2D eigenvalue weighted by atomic mass is 9.70. The lowest BCUT2D eigenvalue weighted by Gasteiger charge is -2.38. The van der Waals surface area contributed by atoms with Crippen molar-refractivity contribution in [1.82, 2.24) is 4.90 Å². The van der Waals surface area contributed by atoms with Gasteiger partial charge in [0.1, 0.15) is 0 Å². The third-order valence-electron chi connectivity index (χ3n) is 3.60. The molecule has 1 rings (SSSR count). The maximum atomic E-state index is 4.75. The number of rotatable bonds is 1. The lowest BCUT2D eigenvalue weighted by Crippen LogP contribution is -2.36. The Morgan fingerprint density at radius 2 is 1.73 bits per heavy atom. The monoisotopic (exact) mass is 227 g/mol. The van der Waals surface area contributed by atoms with Gasteiger partial charge < -0.3 is 4.90 Å². The molecule has 0 saturated carbocycles. The van der Waals surface area contributed by atoms with Gasteiger partial charge in [-0.2, -0.15) is 12.6 Å². The summed E-state index contributed by atoms with van der Waals surface area (Å²) in [6.45, 7) is 16.7. The van der Waals surface area contributed by atoms with Crippen molar-refractivity contribution in [2.24, 2.45) is 17.3 Å². The van der Waals surface area contributed by atoms with Gasteiger partial charge in [0.15, 0.2) is 0 Å². The summed E-state index contributed by atoms with van der Waals surface area (Å²) in [5, 5.41) is 0. The first kappa shape index (κ1) is 13.0. The Morgan fingerprint density at radius 3 is 2.00 bits per heavy atom. The number of nitrogens with zero attached hydrogens (tertiary/aromatic N) is 1. The van der Waals surface area contributed by atoms with Gasteiger partial charge >= 0.3 is 0 Å². The van der Waals surface area contributed by atoms with Crippen LogP contribution in [-0.2, 0) is 0 Å². The van der Waals surface area contributed by atoms with Gasteiger partial charge in [0.2, 0.25) is 0 Å². The van der Waals surface area contributed by atoms with Crippen molar-refractivity contribution in [3.63, 3.8) is 0 Å². The summed E-state index contributed by atoms with van der Waals surface area (Å²) in [4.78, 5) is 2.29. The quantitative estimate of drug-likeness (QED) is 0.672. The second-order valence-corrected chi connectivity index (χ2v) is 7.63. The molecule has 88 valence electrons. The minimum atomic E-state index is 0.0137. The van der Waals surface area contributed by atoms with Crippen molar-refractivity contribution in [2.75, 3.05) is 13.6 Å². The van der Waals surface area contributed by atoms with Crippen LogP contribution in [0, 0.1) is 17.3 Å². The predicted octanol–water partition coefficient (Wildman–Crippen LogP) is 3.43. The van der Waals surface area contributed by atoms with Crippen molar-refractivity contribution in [2.45, 2.75) is 39.4 Å². The van der Waals surface area contributed by atoms with Crippen LogP contribution in [0.4, 0.5) is 0 Å². The molecule has 1 aliphatic rings. The lowest BCUT2D eigenvalue weighted by molar-refractivity contribution is 0.184. The Balaban J connectivity index is 3.04. The normalized spacial score (nSPS) is 28.7. The summed E-state index contributed by atoms with van der Waals surface area (Å²) in [6.07, 6.45) is 0. The summed E-state index contributed by atoms with van der Waals surface area (Å²) < 4.78 is 0.0137. The van der Waals surface area contributed by atoms with E-state index >= 15 is 0 Å². The molecule has 1 saturated heterocycles. The van der Waals surface area contributed by atoms with E-state index in [2.05, 4.69) is 53.1 Å². The topological polar surface area (TPSA) is 3.24 Å². The molecule has 0 aromatic carbocycles. The van der Waals surface area contributed by atoms with E-state index in [1.165, 1.54) is 5.70 Å². The fourth-order valence-corrected chi connectivity index (χ4v) is 2.99. The second kappa shape index (κ2) is 3.73. The van der Waals surface area contributed by atoms with E-state index < -0.39 is 0 Å². The van der Waals surface area contributed by atoms with Gasteiger partial charge in [-0.25, -0.2) is 0 Å². The molecule has 0 bridgehead atoms. The highest BCUT2D eigenvalue weighted by atomic mass is 32.1. The first-order valence-corrected chi connectivity index (χ1v) is 6.12.